The minimum Gasteiger partial charge on any atom is -0.478 e. The van der Waals surface area contributed by atoms with Gasteiger partial charge in [0.2, 0.25) is 0 Å². The lowest BCUT2D eigenvalue weighted by Crippen LogP contribution is -2.19. The SMILES string of the molecule is C#CCn1c(=O)ccc2cc(C(=O)O)cc(F)c21. The molecule has 0 aliphatic heterocycles. The molecule has 2 aromatic rings. The van der Waals surface area contributed by atoms with Crippen molar-refractivity contribution in [2.24, 2.45) is 0 Å². The van der Waals surface area contributed by atoms with Crippen LogP contribution < -0.4 is 5.56 Å². The first-order valence-electron chi connectivity index (χ1n) is 5.04. The van der Waals surface area contributed by atoms with Gasteiger partial charge in [0.05, 0.1) is 17.6 Å². The van der Waals surface area contributed by atoms with Gasteiger partial charge in [0.25, 0.3) is 5.56 Å². The molecule has 0 saturated heterocycles. The largest absolute Gasteiger partial charge is 0.478 e. The molecule has 0 aliphatic rings. The summed E-state index contributed by atoms with van der Waals surface area (Å²) in [6.45, 7) is -0.0699. The van der Waals surface area contributed by atoms with Gasteiger partial charge in [-0.1, -0.05) is 5.92 Å². The van der Waals surface area contributed by atoms with Gasteiger partial charge >= 0.3 is 5.97 Å². The molecule has 2 rings (SSSR count). The van der Waals surface area contributed by atoms with Crippen molar-refractivity contribution in [2.75, 3.05) is 0 Å². The minimum absolute atomic E-state index is 0.0189. The molecule has 0 aliphatic carbocycles. The highest BCUT2D eigenvalue weighted by Crippen LogP contribution is 2.18. The van der Waals surface area contributed by atoms with Crippen LogP contribution in [0.2, 0.25) is 0 Å². The topological polar surface area (TPSA) is 59.3 Å². The van der Waals surface area contributed by atoms with Crippen LogP contribution in [-0.2, 0) is 6.54 Å². The lowest BCUT2D eigenvalue weighted by Gasteiger charge is -2.08. The Kier molecular flexibility index (Phi) is 2.86. The molecule has 4 nitrogen and oxygen atoms in total. The zero-order chi connectivity index (χ0) is 13.3. The summed E-state index contributed by atoms with van der Waals surface area (Å²) in [5.41, 5.74) is -0.584. The number of hydrogen-bond donors (Lipinski definition) is 1. The normalized spacial score (nSPS) is 10.2. The highest BCUT2D eigenvalue weighted by atomic mass is 19.1. The van der Waals surface area contributed by atoms with Gasteiger partial charge in [0.15, 0.2) is 0 Å². The molecule has 0 saturated carbocycles. The number of aromatic carboxylic acids is 1. The highest BCUT2D eigenvalue weighted by Gasteiger charge is 2.12. The molecule has 0 amide bonds. The van der Waals surface area contributed by atoms with E-state index >= 15 is 0 Å². The Balaban J connectivity index is 2.88. The molecule has 0 bridgehead atoms. The van der Waals surface area contributed by atoms with Crippen LogP contribution in [0.3, 0.4) is 0 Å². The molecule has 1 aromatic carbocycles. The summed E-state index contributed by atoms with van der Waals surface area (Å²) in [5.74, 6) is 0.251. The number of hydrogen-bond acceptors (Lipinski definition) is 2. The summed E-state index contributed by atoms with van der Waals surface area (Å²) < 4.78 is 15.0. The van der Waals surface area contributed by atoms with E-state index in [2.05, 4.69) is 5.92 Å². The maximum absolute atomic E-state index is 13.9. The molecule has 90 valence electrons. The van der Waals surface area contributed by atoms with Crippen LogP contribution in [0.15, 0.2) is 29.1 Å². The number of rotatable bonds is 2. The van der Waals surface area contributed by atoms with Gasteiger partial charge in [0.1, 0.15) is 5.82 Å². The summed E-state index contributed by atoms with van der Waals surface area (Å²) in [6, 6.07) is 4.77. The van der Waals surface area contributed by atoms with Crippen LogP contribution in [0.25, 0.3) is 10.9 Å². The minimum atomic E-state index is -1.23. The van der Waals surface area contributed by atoms with Crippen LogP contribution in [0.4, 0.5) is 4.39 Å². The van der Waals surface area contributed by atoms with Gasteiger partial charge in [-0.2, -0.15) is 0 Å². The number of carbonyl (C=O) groups is 1. The lowest BCUT2D eigenvalue weighted by molar-refractivity contribution is 0.0696. The van der Waals surface area contributed by atoms with E-state index in [1.165, 1.54) is 18.2 Å². The summed E-state index contributed by atoms with van der Waals surface area (Å²) in [7, 11) is 0. The van der Waals surface area contributed by atoms with E-state index in [-0.39, 0.29) is 17.6 Å². The average Bonchev–Trinajstić information content (AvgIpc) is 2.32. The number of carboxylic acid groups (broad SMARTS) is 1. The van der Waals surface area contributed by atoms with Crippen molar-refractivity contribution >= 4 is 16.9 Å². The monoisotopic (exact) mass is 245 g/mol. The molecule has 1 aromatic heterocycles. The van der Waals surface area contributed by atoms with Crippen LogP contribution in [0.5, 0.6) is 0 Å². The van der Waals surface area contributed by atoms with E-state index in [9.17, 15) is 14.0 Å². The second-order valence-corrected chi connectivity index (χ2v) is 3.66. The standard InChI is InChI=1S/C13H8FNO3/c1-2-5-15-11(16)4-3-8-6-9(13(17)18)7-10(14)12(8)15/h1,3-4,6-7H,5H2,(H,17,18). The third-order valence-corrected chi connectivity index (χ3v) is 2.53. The van der Waals surface area contributed by atoms with E-state index < -0.39 is 17.3 Å². The van der Waals surface area contributed by atoms with Crippen LogP contribution in [-0.4, -0.2) is 15.6 Å². The molecule has 0 unspecified atom stereocenters. The molecule has 18 heavy (non-hydrogen) atoms. The van der Waals surface area contributed by atoms with Crippen LogP contribution >= 0.6 is 0 Å². The number of aromatic nitrogens is 1. The number of carboxylic acids is 1. The summed E-state index contributed by atoms with van der Waals surface area (Å²) in [4.78, 5) is 22.4. The number of nitrogens with zero attached hydrogens (tertiary/aromatic N) is 1. The molecule has 0 spiro atoms. The average molecular weight is 245 g/mol. The second-order valence-electron chi connectivity index (χ2n) is 3.66. The van der Waals surface area contributed by atoms with Crippen LogP contribution in [0, 0.1) is 18.2 Å². The molecule has 1 N–H and O–H groups in total. The molecular formula is C13H8FNO3. The van der Waals surface area contributed by atoms with E-state index in [1.54, 1.807) is 0 Å². The first-order chi connectivity index (χ1) is 8.54. The van der Waals surface area contributed by atoms with E-state index in [4.69, 9.17) is 11.5 Å². The first-order valence-corrected chi connectivity index (χ1v) is 5.04. The number of pyridine rings is 1. The molecular weight excluding hydrogens is 237 g/mol. The lowest BCUT2D eigenvalue weighted by atomic mass is 10.1. The van der Waals surface area contributed by atoms with Crippen molar-refractivity contribution in [3.8, 4) is 12.3 Å². The van der Waals surface area contributed by atoms with Crippen molar-refractivity contribution < 1.29 is 14.3 Å². The maximum atomic E-state index is 13.9. The Morgan fingerprint density at radius 2 is 2.17 bits per heavy atom. The second kappa shape index (κ2) is 4.34. The number of fused-ring (bicyclic) bond motifs is 1. The Morgan fingerprint density at radius 3 is 2.78 bits per heavy atom. The fraction of sp³-hybridized carbons (Fsp3) is 0.0769. The summed E-state index contributed by atoms with van der Waals surface area (Å²) in [6.07, 6.45) is 5.12. The van der Waals surface area contributed by atoms with Gasteiger partial charge in [-0.15, -0.1) is 6.42 Å². The van der Waals surface area contributed by atoms with Gasteiger partial charge in [0, 0.05) is 11.5 Å². The molecule has 5 heteroatoms. The maximum Gasteiger partial charge on any atom is 0.335 e. The van der Waals surface area contributed by atoms with Gasteiger partial charge in [-0.05, 0) is 18.2 Å². The van der Waals surface area contributed by atoms with Crippen LogP contribution in [0.1, 0.15) is 10.4 Å². The predicted octanol–water partition coefficient (Wildman–Crippen LogP) is 1.47. The van der Waals surface area contributed by atoms with E-state index in [0.717, 1.165) is 10.6 Å². The molecule has 0 atom stereocenters. The zero-order valence-corrected chi connectivity index (χ0v) is 9.18. The van der Waals surface area contributed by atoms with E-state index in [0.29, 0.717) is 5.39 Å². The van der Waals surface area contributed by atoms with Crippen molar-refractivity contribution in [1.29, 1.82) is 0 Å². The third-order valence-electron chi connectivity index (χ3n) is 2.53. The number of terminal acetylenes is 1. The third kappa shape index (κ3) is 1.84. The fourth-order valence-corrected chi connectivity index (χ4v) is 1.77. The Bertz CT molecular complexity index is 740. The number of halogens is 1. The van der Waals surface area contributed by atoms with E-state index in [1.807, 2.05) is 0 Å². The predicted molar refractivity (Wildman–Crippen MR) is 64.0 cm³/mol. The smallest absolute Gasteiger partial charge is 0.335 e. The first kappa shape index (κ1) is 11.9. The molecule has 1 heterocycles. The number of benzene rings is 1. The van der Waals surface area contributed by atoms with Gasteiger partial charge in [-0.3, -0.25) is 9.36 Å². The zero-order valence-electron chi connectivity index (χ0n) is 9.18. The van der Waals surface area contributed by atoms with Crippen molar-refractivity contribution in [3.63, 3.8) is 0 Å². The highest BCUT2D eigenvalue weighted by molar-refractivity contribution is 5.93. The van der Waals surface area contributed by atoms with Crippen molar-refractivity contribution in [1.82, 2.24) is 4.57 Å². The molecule has 0 radical (unpaired) electrons. The van der Waals surface area contributed by atoms with Crippen molar-refractivity contribution in [2.45, 2.75) is 6.54 Å². The quantitative estimate of drug-likeness (QED) is 0.815. The summed E-state index contributed by atoms with van der Waals surface area (Å²) >= 11 is 0. The van der Waals surface area contributed by atoms with Gasteiger partial charge < -0.3 is 5.11 Å². The molecule has 0 fully saturated rings. The fourth-order valence-electron chi connectivity index (χ4n) is 1.77. The Morgan fingerprint density at radius 1 is 1.44 bits per heavy atom. The van der Waals surface area contributed by atoms with Crippen molar-refractivity contribution in [3.05, 3.63) is 46.0 Å². The Labute approximate surface area is 101 Å². The Hall–Kier alpha value is -2.61. The van der Waals surface area contributed by atoms with Gasteiger partial charge in [-0.25, -0.2) is 9.18 Å². The summed E-state index contributed by atoms with van der Waals surface area (Å²) in [5, 5.41) is 9.15.